The number of nitrogens with one attached hydrogen (secondary N) is 2. The van der Waals surface area contributed by atoms with Gasteiger partial charge in [0, 0.05) is 22.4 Å². The van der Waals surface area contributed by atoms with Crippen LogP contribution in [-0.4, -0.2) is 38.1 Å². The van der Waals surface area contributed by atoms with E-state index >= 15 is 0 Å². The molecule has 29 heavy (non-hydrogen) atoms. The van der Waals surface area contributed by atoms with Crippen molar-refractivity contribution in [2.45, 2.75) is 0 Å². The molecule has 0 fully saturated rings. The van der Waals surface area contributed by atoms with E-state index in [1.165, 1.54) is 0 Å². The first-order valence-electron chi connectivity index (χ1n) is 9.22. The molecule has 0 spiro atoms. The summed E-state index contributed by atoms with van der Waals surface area (Å²) in [6.45, 7) is 0.181. The maximum Gasteiger partial charge on any atom is 0.231 e. The van der Waals surface area contributed by atoms with Gasteiger partial charge < -0.3 is 33.7 Å². The fourth-order valence-corrected chi connectivity index (χ4v) is 4.32. The highest BCUT2D eigenvalue weighted by Gasteiger charge is 2.28. The fraction of sp³-hybridized carbons (Fsp3) is 0.182. The van der Waals surface area contributed by atoms with Gasteiger partial charge in [0.25, 0.3) is 0 Å². The van der Waals surface area contributed by atoms with E-state index in [-0.39, 0.29) is 6.79 Å². The van der Waals surface area contributed by atoms with E-state index < -0.39 is 0 Å². The minimum absolute atomic E-state index is 0.181. The monoisotopic (exact) mass is 390 g/mol. The van der Waals surface area contributed by atoms with Crippen LogP contribution < -0.4 is 23.7 Å². The Bertz CT molecular complexity index is 1450. The Hall–Kier alpha value is -3.74. The van der Waals surface area contributed by atoms with Gasteiger partial charge in [-0.3, -0.25) is 0 Å². The van der Waals surface area contributed by atoms with Gasteiger partial charge in [-0.15, -0.1) is 0 Å². The Labute approximate surface area is 165 Å². The summed E-state index contributed by atoms with van der Waals surface area (Å²) in [4.78, 5) is 7.07. The number of hydrogen-bond donors (Lipinski definition) is 2. The van der Waals surface area contributed by atoms with Crippen LogP contribution in [-0.2, 0) is 0 Å². The molecule has 3 heterocycles. The molecule has 2 N–H and O–H groups in total. The van der Waals surface area contributed by atoms with Gasteiger partial charge in [-0.1, -0.05) is 0 Å². The van der Waals surface area contributed by atoms with Gasteiger partial charge in [-0.2, -0.15) is 0 Å². The molecular formula is C22H18N2O5. The second-order valence-corrected chi connectivity index (χ2v) is 6.98. The van der Waals surface area contributed by atoms with E-state index in [0.717, 1.165) is 60.9 Å². The molecule has 7 heteroatoms. The molecule has 1 aliphatic rings. The SMILES string of the molecule is COc1ccc2[nH]c3c4[nH]c5cc(OC)c(OC)cc5c4c4c(c3c2c1)OCO4. The third kappa shape index (κ3) is 2.01. The van der Waals surface area contributed by atoms with Crippen LogP contribution in [0.1, 0.15) is 0 Å². The number of methoxy groups -OCH3 is 3. The van der Waals surface area contributed by atoms with Crippen LogP contribution in [0.3, 0.4) is 0 Å². The second kappa shape index (κ2) is 5.64. The van der Waals surface area contributed by atoms with Crippen LogP contribution in [0.4, 0.5) is 0 Å². The van der Waals surface area contributed by atoms with Crippen molar-refractivity contribution in [2.24, 2.45) is 0 Å². The smallest absolute Gasteiger partial charge is 0.231 e. The van der Waals surface area contributed by atoms with E-state index in [2.05, 4.69) is 9.97 Å². The molecule has 5 aromatic rings. The number of aromatic nitrogens is 2. The highest BCUT2D eigenvalue weighted by atomic mass is 16.7. The number of rotatable bonds is 3. The number of benzene rings is 3. The van der Waals surface area contributed by atoms with E-state index in [9.17, 15) is 0 Å². The lowest BCUT2D eigenvalue weighted by molar-refractivity contribution is 0.176. The molecule has 0 radical (unpaired) electrons. The lowest BCUT2D eigenvalue weighted by atomic mass is 10.1. The van der Waals surface area contributed by atoms with E-state index in [0.29, 0.717) is 11.5 Å². The highest BCUT2D eigenvalue weighted by Crippen LogP contribution is 2.51. The Kier molecular flexibility index (Phi) is 3.16. The molecule has 0 saturated carbocycles. The Morgan fingerprint density at radius 3 is 2.00 bits per heavy atom. The van der Waals surface area contributed by atoms with Gasteiger partial charge in [0.1, 0.15) is 5.75 Å². The summed E-state index contributed by atoms with van der Waals surface area (Å²) < 4.78 is 28.3. The predicted molar refractivity (Wildman–Crippen MR) is 111 cm³/mol. The molecule has 0 bridgehead atoms. The maximum atomic E-state index is 5.93. The second-order valence-electron chi connectivity index (χ2n) is 6.98. The molecule has 6 rings (SSSR count). The molecule has 0 unspecified atom stereocenters. The summed E-state index contributed by atoms with van der Waals surface area (Å²) in [5.41, 5.74) is 3.84. The van der Waals surface area contributed by atoms with Crippen molar-refractivity contribution in [1.82, 2.24) is 9.97 Å². The number of ether oxygens (including phenoxy) is 5. The largest absolute Gasteiger partial charge is 0.497 e. The fourth-order valence-electron chi connectivity index (χ4n) is 4.32. The summed E-state index contributed by atoms with van der Waals surface area (Å²) >= 11 is 0. The molecule has 0 amide bonds. The van der Waals surface area contributed by atoms with Crippen molar-refractivity contribution in [3.05, 3.63) is 30.3 Å². The Morgan fingerprint density at radius 2 is 1.34 bits per heavy atom. The molecule has 1 aliphatic heterocycles. The first kappa shape index (κ1) is 16.2. The normalized spacial score (nSPS) is 13.1. The topological polar surface area (TPSA) is 77.7 Å². The highest BCUT2D eigenvalue weighted by molar-refractivity contribution is 6.27. The molecule has 146 valence electrons. The van der Waals surface area contributed by atoms with Crippen molar-refractivity contribution in [3.63, 3.8) is 0 Å². The molecular weight excluding hydrogens is 372 g/mol. The van der Waals surface area contributed by atoms with Gasteiger partial charge in [-0.05, 0) is 24.3 Å². The quantitative estimate of drug-likeness (QED) is 0.467. The van der Waals surface area contributed by atoms with Crippen molar-refractivity contribution in [3.8, 4) is 28.7 Å². The van der Waals surface area contributed by atoms with Crippen molar-refractivity contribution >= 4 is 43.6 Å². The third-order valence-electron chi connectivity index (χ3n) is 5.63. The summed E-state index contributed by atoms with van der Waals surface area (Å²) in [5.74, 6) is 3.59. The molecule has 2 aromatic heterocycles. The predicted octanol–water partition coefficient (Wildman–Crippen LogP) is 4.71. The third-order valence-corrected chi connectivity index (χ3v) is 5.63. The summed E-state index contributed by atoms with van der Waals surface area (Å²) in [6.07, 6.45) is 0. The van der Waals surface area contributed by atoms with Crippen molar-refractivity contribution in [2.75, 3.05) is 28.1 Å². The van der Waals surface area contributed by atoms with Gasteiger partial charge in [0.05, 0.1) is 48.7 Å². The zero-order valence-corrected chi connectivity index (χ0v) is 16.1. The van der Waals surface area contributed by atoms with Crippen LogP contribution in [0, 0.1) is 0 Å². The molecule has 0 saturated heterocycles. The zero-order chi connectivity index (χ0) is 19.7. The lowest BCUT2D eigenvalue weighted by Gasteiger charge is -2.07. The van der Waals surface area contributed by atoms with Crippen LogP contribution in [0.15, 0.2) is 30.3 Å². The van der Waals surface area contributed by atoms with Crippen LogP contribution >= 0.6 is 0 Å². The lowest BCUT2D eigenvalue weighted by Crippen LogP contribution is -1.93. The number of H-pyrrole nitrogens is 2. The number of hydrogen-bond acceptors (Lipinski definition) is 5. The minimum atomic E-state index is 0.181. The number of fused-ring (bicyclic) bond motifs is 10. The molecule has 0 aliphatic carbocycles. The summed E-state index contributed by atoms with van der Waals surface area (Å²) in [5, 5.41) is 3.94. The molecule has 0 atom stereocenters. The van der Waals surface area contributed by atoms with Gasteiger partial charge in [0.15, 0.2) is 23.0 Å². The Balaban J connectivity index is 1.83. The summed E-state index contributed by atoms with van der Waals surface area (Å²) in [7, 11) is 4.92. The van der Waals surface area contributed by atoms with E-state index in [1.54, 1.807) is 21.3 Å². The first-order valence-corrected chi connectivity index (χ1v) is 9.22. The van der Waals surface area contributed by atoms with Gasteiger partial charge in [0.2, 0.25) is 6.79 Å². The van der Waals surface area contributed by atoms with Gasteiger partial charge in [-0.25, -0.2) is 0 Å². The van der Waals surface area contributed by atoms with E-state index in [4.69, 9.17) is 23.7 Å². The van der Waals surface area contributed by atoms with Crippen LogP contribution in [0.5, 0.6) is 28.7 Å². The van der Waals surface area contributed by atoms with Crippen molar-refractivity contribution in [1.29, 1.82) is 0 Å². The maximum absolute atomic E-state index is 5.93. The minimum Gasteiger partial charge on any atom is -0.497 e. The van der Waals surface area contributed by atoms with E-state index in [1.807, 2.05) is 30.3 Å². The van der Waals surface area contributed by atoms with Crippen molar-refractivity contribution < 1.29 is 23.7 Å². The molecule has 7 nitrogen and oxygen atoms in total. The number of aromatic amines is 2. The van der Waals surface area contributed by atoms with Crippen LogP contribution in [0.2, 0.25) is 0 Å². The van der Waals surface area contributed by atoms with Gasteiger partial charge >= 0.3 is 0 Å². The first-order chi connectivity index (χ1) is 14.2. The summed E-state index contributed by atoms with van der Waals surface area (Å²) in [6, 6.07) is 9.86. The zero-order valence-electron chi connectivity index (χ0n) is 16.1. The molecule has 3 aromatic carbocycles. The Morgan fingerprint density at radius 1 is 0.724 bits per heavy atom. The van der Waals surface area contributed by atoms with Crippen LogP contribution in [0.25, 0.3) is 43.6 Å². The average Bonchev–Trinajstić information content (AvgIpc) is 3.45. The standard InChI is InChI=1S/C22H18N2O5/c1-25-10-4-5-13-11(6-10)17-19(23-13)20-18(22-21(17)28-9-29-22)12-7-15(26-2)16(27-3)8-14(12)24-20/h4-8,23-24H,9H2,1-3H3. The average molecular weight is 390 g/mol.